The molecular weight excluding hydrogens is 633 g/mol. The molecule has 0 unspecified atom stereocenters. The summed E-state index contributed by atoms with van der Waals surface area (Å²) in [6.45, 7) is 0. The molecule has 1 heteroatoms. The average molecular weight is 665 g/mol. The zero-order chi connectivity index (χ0) is 33.7. The van der Waals surface area contributed by atoms with Gasteiger partial charge in [0.25, 0.3) is 0 Å². The molecule has 51 heavy (non-hydrogen) atoms. The normalized spacial score (nSPS) is 11.5. The molecule has 0 nitrogen and oxygen atoms in total. The van der Waals surface area contributed by atoms with Gasteiger partial charge in [-0.05, 0) is 89.0 Å². The molecule has 1 heterocycles. The van der Waals surface area contributed by atoms with Crippen molar-refractivity contribution in [2.45, 2.75) is 0 Å². The highest BCUT2D eigenvalue weighted by Gasteiger charge is 2.19. The largest absolute Gasteiger partial charge is 0.135 e. The minimum atomic E-state index is 1.22. The van der Waals surface area contributed by atoms with Gasteiger partial charge in [0.05, 0.1) is 0 Å². The summed E-state index contributed by atoms with van der Waals surface area (Å²) in [6, 6.07) is 71.1. The maximum atomic E-state index is 2.39. The third-order valence-electron chi connectivity index (χ3n) is 10.3. The van der Waals surface area contributed by atoms with E-state index in [0.717, 1.165) is 0 Å². The molecule has 0 bridgehead atoms. The van der Waals surface area contributed by atoms with Gasteiger partial charge in [-0.25, -0.2) is 0 Å². The standard InChI is InChI=1S/C50H32S/c1-3-16-34(17-4-1)48-45-30-29-37(32-46(45)51-50(48)35-18-5-2-6-19-35)36-21-13-22-38(31-36)47-41-24-9-11-26-43(41)49(44-27-12-10-25-42(44)47)40-28-14-20-33-15-7-8-23-39(33)40/h1-32H. The SMILES string of the molecule is c1ccc(-c2sc3cc(-c4cccc(-c5c6ccccc6c(-c6cccc7ccccc67)c6ccccc56)c4)ccc3c2-c2ccccc2)cc1. The van der Waals surface area contributed by atoms with Crippen LogP contribution in [0.3, 0.4) is 0 Å². The first-order valence-corrected chi connectivity index (χ1v) is 18.3. The molecule has 0 atom stereocenters. The van der Waals surface area contributed by atoms with Crippen LogP contribution in [-0.4, -0.2) is 0 Å². The zero-order valence-electron chi connectivity index (χ0n) is 27.9. The molecule has 0 fully saturated rings. The van der Waals surface area contributed by atoms with Crippen molar-refractivity contribution in [2.75, 3.05) is 0 Å². The Labute approximate surface area is 301 Å². The quantitative estimate of drug-likeness (QED) is 0.161. The van der Waals surface area contributed by atoms with E-state index in [9.17, 15) is 0 Å². The Bertz CT molecular complexity index is 2830. The summed E-state index contributed by atoms with van der Waals surface area (Å²) in [5, 5.41) is 8.92. The summed E-state index contributed by atoms with van der Waals surface area (Å²) >= 11 is 1.89. The van der Waals surface area contributed by atoms with Crippen LogP contribution in [0.5, 0.6) is 0 Å². The second kappa shape index (κ2) is 12.2. The van der Waals surface area contributed by atoms with Crippen LogP contribution in [0.2, 0.25) is 0 Å². The van der Waals surface area contributed by atoms with E-state index in [2.05, 4.69) is 194 Å². The van der Waals surface area contributed by atoms with Crippen LogP contribution in [0.1, 0.15) is 0 Å². The van der Waals surface area contributed by atoms with Crippen LogP contribution in [0.15, 0.2) is 194 Å². The molecule has 0 aliphatic rings. The summed E-state index contributed by atoms with van der Waals surface area (Å²) in [5.74, 6) is 0. The van der Waals surface area contributed by atoms with E-state index in [1.54, 1.807) is 0 Å². The van der Waals surface area contributed by atoms with Crippen molar-refractivity contribution in [1.82, 2.24) is 0 Å². The highest BCUT2D eigenvalue weighted by Crippen LogP contribution is 2.48. The van der Waals surface area contributed by atoms with Crippen molar-refractivity contribution >= 4 is 53.7 Å². The van der Waals surface area contributed by atoms with Gasteiger partial charge in [-0.3, -0.25) is 0 Å². The average Bonchev–Trinajstić information content (AvgIpc) is 3.59. The second-order valence-electron chi connectivity index (χ2n) is 13.2. The van der Waals surface area contributed by atoms with Gasteiger partial charge in [-0.15, -0.1) is 11.3 Å². The molecule has 0 saturated heterocycles. The predicted octanol–water partition coefficient (Wildman–Crippen LogP) is 14.7. The van der Waals surface area contributed by atoms with E-state index in [1.807, 2.05) is 11.3 Å². The minimum Gasteiger partial charge on any atom is -0.135 e. The van der Waals surface area contributed by atoms with E-state index < -0.39 is 0 Å². The van der Waals surface area contributed by atoms with Crippen molar-refractivity contribution in [3.63, 3.8) is 0 Å². The van der Waals surface area contributed by atoms with Gasteiger partial charge in [0.15, 0.2) is 0 Å². The van der Waals surface area contributed by atoms with E-state index >= 15 is 0 Å². The summed E-state index contributed by atoms with van der Waals surface area (Å²) in [6.07, 6.45) is 0. The van der Waals surface area contributed by atoms with Crippen LogP contribution in [0.25, 0.3) is 97.4 Å². The number of fused-ring (bicyclic) bond motifs is 4. The lowest BCUT2D eigenvalue weighted by atomic mass is 9.84. The Kier molecular flexibility index (Phi) is 7.11. The Hall–Kier alpha value is -6.28. The molecule has 0 aliphatic heterocycles. The summed E-state index contributed by atoms with van der Waals surface area (Å²) in [7, 11) is 0. The Morgan fingerprint density at radius 1 is 0.275 bits per heavy atom. The highest BCUT2D eigenvalue weighted by atomic mass is 32.1. The highest BCUT2D eigenvalue weighted by molar-refractivity contribution is 7.23. The van der Waals surface area contributed by atoms with E-state index in [0.29, 0.717) is 0 Å². The van der Waals surface area contributed by atoms with Crippen molar-refractivity contribution in [3.05, 3.63) is 194 Å². The molecule has 1 aromatic heterocycles. The fourth-order valence-corrected chi connectivity index (χ4v) is 9.26. The first kappa shape index (κ1) is 29.6. The van der Waals surface area contributed by atoms with Crippen LogP contribution in [0.4, 0.5) is 0 Å². The lowest BCUT2D eigenvalue weighted by molar-refractivity contribution is 1.63. The van der Waals surface area contributed by atoms with Crippen LogP contribution < -0.4 is 0 Å². The van der Waals surface area contributed by atoms with Crippen LogP contribution in [-0.2, 0) is 0 Å². The van der Waals surface area contributed by atoms with Gasteiger partial charge in [0, 0.05) is 20.5 Å². The molecular formula is C50H32S. The number of benzene rings is 9. The van der Waals surface area contributed by atoms with Gasteiger partial charge in [0.2, 0.25) is 0 Å². The maximum absolute atomic E-state index is 2.39. The fourth-order valence-electron chi connectivity index (χ4n) is 7.99. The van der Waals surface area contributed by atoms with Gasteiger partial charge >= 0.3 is 0 Å². The minimum absolute atomic E-state index is 1.22. The molecule has 0 amide bonds. The first-order chi connectivity index (χ1) is 25.3. The number of hydrogen-bond acceptors (Lipinski definition) is 1. The molecule has 238 valence electrons. The van der Waals surface area contributed by atoms with Crippen molar-refractivity contribution in [3.8, 4) is 54.9 Å². The molecule has 0 N–H and O–H groups in total. The van der Waals surface area contributed by atoms with Gasteiger partial charge < -0.3 is 0 Å². The molecule has 0 saturated carbocycles. The molecule has 10 aromatic rings. The van der Waals surface area contributed by atoms with Crippen molar-refractivity contribution in [1.29, 1.82) is 0 Å². The third-order valence-corrected chi connectivity index (χ3v) is 11.5. The predicted molar refractivity (Wildman–Crippen MR) is 222 cm³/mol. The Morgan fingerprint density at radius 3 is 1.49 bits per heavy atom. The van der Waals surface area contributed by atoms with Crippen molar-refractivity contribution < 1.29 is 0 Å². The van der Waals surface area contributed by atoms with Gasteiger partial charge in [-0.2, -0.15) is 0 Å². The fraction of sp³-hybridized carbons (Fsp3) is 0. The summed E-state index contributed by atoms with van der Waals surface area (Å²) in [5.41, 5.74) is 11.3. The maximum Gasteiger partial charge on any atom is 0.0433 e. The first-order valence-electron chi connectivity index (χ1n) is 17.5. The van der Waals surface area contributed by atoms with E-state index in [-0.39, 0.29) is 0 Å². The van der Waals surface area contributed by atoms with Crippen LogP contribution >= 0.6 is 11.3 Å². The smallest absolute Gasteiger partial charge is 0.0433 e. The lowest BCUT2D eigenvalue weighted by Crippen LogP contribution is -1.92. The second-order valence-corrected chi connectivity index (χ2v) is 14.3. The summed E-state index contributed by atoms with van der Waals surface area (Å²) in [4.78, 5) is 1.31. The molecule has 0 aliphatic carbocycles. The van der Waals surface area contributed by atoms with Gasteiger partial charge in [0.1, 0.15) is 0 Å². The molecule has 0 radical (unpaired) electrons. The number of hydrogen-bond donors (Lipinski definition) is 0. The van der Waals surface area contributed by atoms with Gasteiger partial charge in [-0.1, -0.05) is 182 Å². The molecule has 0 spiro atoms. The van der Waals surface area contributed by atoms with Crippen molar-refractivity contribution in [2.24, 2.45) is 0 Å². The monoisotopic (exact) mass is 664 g/mol. The topological polar surface area (TPSA) is 0 Å². The number of thiophene rings is 1. The zero-order valence-corrected chi connectivity index (χ0v) is 28.7. The van der Waals surface area contributed by atoms with E-state index in [1.165, 1.54) is 97.4 Å². The number of rotatable bonds is 5. The van der Waals surface area contributed by atoms with E-state index in [4.69, 9.17) is 0 Å². The lowest BCUT2D eigenvalue weighted by Gasteiger charge is -2.19. The molecule has 9 aromatic carbocycles. The molecule has 10 rings (SSSR count). The summed E-state index contributed by atoms with van der Waals surface area (Å²) < 4.78 is 1.30. The Morgan fingerprint density at radius 2 is 0.784 bits per heavy atom. The Balaban J connectivity index is 1.17. The third kappa shape index (κ3) is 4.97. The van der Waals surface area contributed by atoms with Crippen LogP contribution in [0, 0.1) is 0 Å².